The van der Waals surface area contributed by atoms with Gasteiger partial charge in [0.1, 0.15) is 0 Å². The summed E-state index contributed by atoms with van der Waals surface area (Å²) in [6.45, 7) is 0. The maximum absolute atomic E-state index is 6.21. The molecule has 0 amide bonds. The van der Waals surface area contributed by atoms with Crippen molar-refractivity contribution < 1.29 is 0 Å². The number of rotatable bonds is 1. The van der Waals surface area contributed by atoms with Crippen LogP contribution in [0, 0.1) is 4.77 Å². The van der Waals surface area contributed by atoms with Gasteiger partial charge in [0.05, 0.1) is 21.7 Å². The summed E-state index contributed by atoms with van der Waals surface area (Å²) in [6.07, 6.45) is 0. The SMILES string of the molecule is S=c1[nH]c2ccccc2n1-c1ccccc1Cl. The number of aromatic amines is 1. The number of fused-ring (bicyclic) bond motifs is 1. The fourth-order valence-corrected chi connectivity index (χ4v) is 2.45. The molecular formula is C13H9ClN2S. The summed E-state index contributed by atoms with van der Waals surface area (Å²) in [5.74, 6) is 0. The highest BCUT2D eigenvalue weighted by atomic mass is 35.5. The highest BCUT2D eigenvalue weighted by molar-refractivity contribution is 7.71. The molecule has 3 rings (SSSR count). The second-order valence-corrected chi connectivity index (χ2v) is 4.53. The van der Waals surface area contributed by atoms with E-state index >= 15 is 0 Å². The van der Waals surface area contributed by atoms with E-state index in [9.17, 15) is 0 Å². The number of aromatic nitrogens is 2. The maximum atomic E-state index is 6.21. The molecule has 1 heterocycles. The van der Waals surface area contributed by atoms with E-state index in [4.69, 9.17) is 23.8 Å². The summed E-state index contributed by atoms with van der Waals surface area (Å²) in [6, 6.07) is 15.7. The number of hydrogen-bond acceptors (Lipinski definition) is 1. The van der Waals surface area contributed by atoms with Gasteiger partial charge in [-0.1, -0.05) is 35.9 Å². The molecule has 0 atom stereocenters. The molecule has 0 saturated heterocycles. The molecule has 4 heteroatoms. The average Bonchev–Trinajstić information content (AvgIpc) is 2.66. The van der Waals surface area contributed by atoms with Crippen LogP contribution in [0.15, 0.2) is 48.5 Å². The predicted octanol–water partition coefficient (Wildman–Crippen LogP) is 4.34. The van der Waals surface area contributed by atoms with Gasteiger partial charge in [-0.3, -0.25) is 4.57 Å². The van der Waals surface area contributed by atoms with E-state index in [1.54, 1.807) is 0 Å². The first-order valence-electron chi connectivity index (χ1n) is 5.22. The van der Waals surface area contributed by atoms with Crippen molar-refractivity contribution in [2.45, 2.75) is 0 Å². The zero-order chi connectivity index (χ0) is 11.8. The van der Waals surface area contributed by atoms with Crippen LogP contribution in [0.3, 0.4) is 0 Å². The first-order valence-corrected chi connectivity index (χ1v) is 6.00. The highest BCUT2D eigenvalue weighted by Crippen LogP contribution is 2.24. The Morgan fingerprint density at radius 1 is 1.00 bits per heavy atom. The molecule has 0 aliphatic carbocycles. The topological polar surface area (TPSA) is 20.7 Å². The second kappa shape index (κ2) is 4.02. The van der Waals surface area contributed by atoms with E-state index in [-0.39, 0.29) is 0 Å². The van der Waals surface area contributed by atoms with Gasteiger partial charge in [0.25, 0.3) is 0 Å². The van der Waals surface area contributed by atoms with Gasteiger partial charge in [0.2, 0.25) is 0 Å². The zero-order valence-electron chi connectivity index (χ0n) is 8.85. The fourth-order valence-electron chi connectivity index (χ4n) is 1.93. The van der Waals surface area contributed by atoms with Crippen molar-refractivity contribution in [2.75, 3.05) is 0 Å². The molecule has 0 spiro atoms. The van der Waals surface area contributed by atoms with Crippen LogP contribution in [-0.2, 0) is 0 Å². The number of halogens is 1. The summed E-state index contributed by atoms with van der Waals surface area (Å²) in [7, 11) is 0. The zero-order valence-corrected chi connectivity index (χ0v) is 10.4. The molecule has 0 bridgehead atoms. The van der Waals surface area contributed by atoms with Gasteiger partial charge in [-0.25, -0.2) is 0 Å². The molecule has 2 aromatic carbocycles. The van der Waals surface area contributed by atoms with Crippen molar-refractivity contribution >= 4 is 34.9 Å². The average molecular weight is 261 g/mol. The van der Waals surface area contributed by atoms with Crippen molar-refractivity contribution in [2.24, 2.45) is 0 Å². The molecule has 0 unspecified atom stereocenters. The standard InChI is InChI=1S/C13H9ClN2S/c14-9-5-1-3-7-11(9)16-12-8-4-2-6-10(12)15-13(16)17/h1-8H,(H,15,17). The van der Waals surface area contributed by atoms with Crippen LogP contribution in [0.25, 0.3) is 16.7 Å². The molecule has 0 fully saturated rings. The second-order valence-electron chi connectivity index (χ2n) is 3.73. The Kier molecular flexibility index (Phi) is 2.50. The Morgan fingerprint density at radius 3 is 2.53 bits per heavy atom. The smallest absolute Gasteiger partial charge is 0.182 e. The maximum Gasteiger partial charge on any atom is 0.182 e. The van der Waals surface area contributed by atoms with Crippen LogP contribution >= 0.6 is 23.8 Å². The number of nitrogens with zero attached hydrogens (tertiary/aromatic N) is 1. The molecule has 3 aromatic rings. The largest absolute Gasteiger partial charge is 0.330 e. The molecule has 1 aromatic heterocycles. The lowest BCUT2D eigenvalue weighted by atomic mass is 10.3. The summed E-state index contributed by atoms with van der Waals surface area (Å²) in [5, 5.41) is 0.688. The van der Waals surface area contributed by atoms with Gasteiger partial charge in [0.15, 0.2) is 4.77 Å². The van der Waals surface area contributed by atoms with Gasteiger partial charge in [0, 0.05) is 0 Å². The first-order chi connectivity index (χ1) is 8.27. The number of para-hydroxylation sites is 3. The van der Waals surface area contributed by atoms with E-state index in [0.29, 0.717) is 9.79 Å². The Labute approximate surface area is 108 Å². The van der Waals surface area contributed by atoms with E-state index in [0.717, 1.165) is 16.7 Å². The molecule has 17 heavy (non-hydrogen) atoms. The van der Waals surface area contributed by atoms with E-state index < -0.39 is 0 Å². The lowest BCUT2D eigenvalue weighted by Crippen LogP contribution is -1.94. The quantitative estimate of drug-likeness (QED) is 0.646. The number of imidazole rings is 1. The van der Waals surface area contributed by atoms with Crippen molar-refractivity contribution in [3.05, 3.63) is 58.3 Å². The summed E-state index contributed by atoms with van der Waals surface area (Å²) in [4.78, 5) is 3.17. The number of H-pyrrole nitrogens is 1. The minimum atomic E-state index is 0.652. The lowest BCUT2D eigenvalue weighted by Gasteiger charge is -2.06. The monoisotopic (exact) mass is 260 g/mol. The van der Waals surface area contributed by atoms with Crippen LogP contribution in [-0.4, -0.2) is 9.55 Å². The molecule has 0 saturated carbocycles. The minimum Gasteiger partial charge on any atom is -0.330 e. The minimum absolute atomic E-state index is 0.652. The first kappa shape index (κ1) is 10.6. The van der Waals surface area contributed by atoms with Gasteiger partial charge in [-0.15, -0.1) is 0 Å². The summed E-state index contributed by atoms with van der Waals surface area (Å²) >= 11 is 11.6. The van der Waals surface area contributed by atoms with E-state index in [2.05, 4.69) is 4.98 Å². The Morgan fingerprint density at radius 2 is 1.71 bits per heavy atom. The normalized spacial score (nSPS) is 10.9. The molecule has 0 aliphatic heterocycles. The molecular weight excluding hydrogens is 252 g/mol. The van der Waals surface area contributed by atoms with Crippen LogP contribution in [0.5, 0.6) is 0 Å². The Bertz CT molecular complexity index is 742. The number of hydrogen-bond donors (Lipinski definition) is 1. The van der Waals surface area contributed by atoms with Crippen LogP contribution in [0.2, 0.25) is 5.02 Å². The van der Waals surface area contributed by atoms with Gasteiger partial charge < -0.3 is 4.98 Å². The molecule has 0 radical (unpaired) electrons. The number of benzene rings is 2. The van der Waals surface area contributed by atoms with E-state index in [1.165, 1.54) is 0 Å². The van der Waals surface area contributed by atoms with Crippen LogP contribution < -0.4 is 0 Å². The van der Waals surface area contributed by atoms with Crippen molar-refractivity contribution in [1.29, 1.82) is 0 Å². The molecule has 2 nitrogen and oxygen atoms in total. The molecule has 0 aliphatic rings. The van der Waals surface area contributed by atoms with Gasteiger partial charge in [-0.05, 0) is 36.5 Å². The molecule has 1 N–H and O–H groups in total. The molecule has 84 valence electrons. The van der Waals surface area contributed by atoms with E-state index in [1.807, 2.05) is 53.1 Å². The fraction of sp³-hybridized carbons (Fsp3) is 0. The van der Waals surface area contributed by atoms with Crippen LogP contribution in [0.4, 0.5) is 0 Å². The summed E-state index contributed by atoms with van der Waals surface area (Å²) in [5.41, 5.74) is 2.94. The van der Waals surface area contributed by atoms with Gasteiger partial charge >= 0.3 is 0 Å². The third kappa shape index (κ3) is 1.68. The third-order valence-corrected chi connectivity index (χ3v) is 3.29. The third-order valence-electron chi connectivity index (χ3n) is 2.68. The Hall–Kier alpha value is -1.58. The van der Waals surface area contributed by atoms with Crippen LogP contribution in [0.1, 0.15) is 0 Å². The lowest BCUT2D eigenvalue weighted by molar-refractivity contribution is 1.07. The van der Waals surface area contributed by atoms with Crippen molar-refractivity contribution in [1.82, 2.24) is 9.55 Å². The summed E-state index contributed by atoms with van der Waals surface area (Å²) < 4.78 is 2.60. The highest BCUT2D eigenvalue weighted by Gasteiger charge is 2.08. The van der Waals surface area contributed by atoms with Crippen molar-refractivity contribution in [3.63, 3.8) is 0 Å². The predicted molar refractivity (Wildman–Crippen MR) is 73.5 cm³/mol. The van der Waals surface area contributed by atoms with Crippen molar-refractivity contribution in [3.8, 4) is 5.69 Å². The number of nitrogens with one attached hydrogen (secondary N) is 1. The Balaban J connectivity index is 2.42. The van der Waals surface area contributed by atoms with Gasteiger partial charge in [-0.2, -0.15) is 0 Å².